The number of hydrogen-bond donors (Lipinski definition) is 3. The lowest BCUT2D eigenvalue weighted by molar-refractivity contribution is -0.385. The molecule has 0 saturated heterocycles. The second-order valence-electron chi connectivity index (χ2n) is 14.9. The maximum Gasteiger partial charge on any atom is 0.277 e. The Bertz CT molecular complexity index is 3310. The molecule has 0 amide bonds. The lowest BCUT2D eigenvalue weighted by atomic mass is 10.1. The van der Waals surface area contributed by atoms with Gasteiger partial charge < -0.3 is 30.0 Å². The van der Waals surface area contributed by atoms with E-state index in [9.17, 15) is 25.4 Å². The number of alkyl halides is 2. The topological polar surface area (TPSA) is 302 Å². The van der Waals surface area contributed by atoms with Crippen molar-refractivity contribution in [1.82, 2.24) is 19.1 Å². The molecule has 0 fully saturated rings. The minimum atomic E-state index is -0.490. The van der Waals surface area contributed by atoms with Crippen molar-refractivity contribution in [2.24, 2.45) is 0 Å². The van der Waals surface area contributed by atoms with Crippen LogP contribution >= 0.6 is 38.5 Å². The number of hydrogen-bond acceptors (Lipinski definition) is 15. The quantitative estimate of drug-likeness (QED) is 0.0357. The molecule has 0 radical (unpaired) electrons. The van der Waals surface area contributed by atoms with Crippen LogP contribution in [0.2, 0.25) is 0 Å². The molecule has 8 aromatic rings. The van der Waals surface area contributed by atoms with Gasteiger partial charge in [0.25, 0.3) is 11.4 Å². The van der Waals surface area contributed by atoms with Crippen LogP contribution in [0.3, 0.4) is 0 Å². The average Bonchev–Trinajstić information content (AvgIpc) is 4.15. The zero-order valence-corrected chi connectivity index (χ0v) is 43.7. The number of nitro groups is 2. The molecule has 74 heavy (non-hydrogen) atoms. The highest BCUT2D eigenvalue weighted by molar-refractivity contribution is 14.1. The Balaban J connectivity index is 0.000000240. The van der Waals surface area contributed by atoms with Gasteiger partial charge in [0.1, 0.15) is 13.2 Å². The Morgan fingerprint density at radius 1 is 0.622 bits per heavy atom. The standard InChI is InChI=1S/C11H9IN2O.C11H11N3O2.C11H10N2O2.C9H6N2O.C8H6N2O2.C2H5BrO/c12-4-6-15-14-5-3-10-2-1-9(8-13)7-11(10)14;1-13(2)6-5-10-4-3-9(8-12)7-11(10)14(15)16;12-8-9-1-2-10-3-4-13(11(10)7-9)15-6-5-14;10-6-7-1-2-8-3-4-11(12)9(8)5-7;1-6-2-3-7(5-9)4-8(6)10(11)12;3-1-2-4/h1-3,5,7H,4,6H2;3-7H,1-2H3;1-4,7,14H,5-6H2;1-5,12H;2-4H,1H3;4H,1-2H2/b;6-5+;;;;. The molecule has 0 spiro atoms. The Morgan fingerprint density at radius 3 is 1.46 bits per heavy atom. The summed E-state index contributed by atoms with van der Waals surface area (Å²) in [5.74, 6) is 0. The van der Waals surface area contributed by atoms with Gasteiger partial charge in [-0.05, 0) is 92.0 Å². The first kappa shape index (κ1) is 59.3. The van der Waals surface area contributed by atoms with E-state index in [1.165, 1.54) is 12.1 Å². The zero-order valence-electron chi connectivity index (χ0n) is 40.0. The summed E-state index contributed by atoms with van der Waals surface area (Å²) >= 11 is 5.26. The largest absolute Gasteiger partial charge is 0.428 e. The molecule has 378 valence electrons. The van der Waals surface area contributed by atoms with Crippen LogP contribution in [0.15, 0.2) is 134 Å². The number of aryl methyl sites for hydroxylation is 1. The lowest BCUT2D eigenvalue weighted by Gasteiger charge is -2.06. The molecule has 3 N–H and O–H groups in total. The highest BCUT2D eigenvalue weighted by Crippen LogP contribution is 2.22. The molecule has 5 aromatic carbocycles. The van der Waals surface area contributed by atoms with Crippen molar-refractivity contribution < 1.29 is 34.9 Å². The third-order valence-corrected chi connectivity index (χ3v) is 10.3. The Hall–Kier alpha value is -8.96. The van der Waals surface area contributed by atoms with Crippen molar-refractivity contribution in [3.8, 4) is 30.3 Å². The van der Waals surface area contributed by atoms with Crippen LogP contribution < -0.4 is 9.68 Å². The molecule has 3 heterocycles. The van der Waals surface area contributed by atoms with E-state index in [1.807, 2.05) is 74.9 Å². The van der Waals surface area contributed by atoms with E-state index >= 15 is 0 Å². The highest BCUT2D eigenvalue weighted by atomic mass is 127. The number of nitro benzene ring substituents is 2. The normalized spacial score (nSPS) is 9.76. The van der Waals surface area contributed by atoms with Gasteiger partial charge in [-0.3, -0.25) is 20.2 Å². The molecule has 20 nitrogen and oxygen atoms in total. The van der Waals surface area contributed by atoms with Gasteiger partial charge in [0.15, 0.2) is 0 Å². The first-order valence-electron chi connectivity index (χ1n) is 21.6. The van der Waals surface area contributed by atoms with Crippen LogP contribution in [0.5, 0.6) is 0 Å². The van der Waals surface area contributed by atoms with Crippen LogP contribution in [0.25, 0.3) is 38.8 Å². The minimum Gasteiger partial charge on any atom is -0.428 e. The number of rotatable bonds is 11. The fraction of sp³-hybridized carbons (Fsp3) is 0.173. The summed E-state index contributed by atoms with van der Waals surface area (Å²) in [4.78, 5) is 32.7. The average molecular weight is 1180 g/mol. The van der Waals surface area contributed by atoms with Gasteiger partial charge >= 0.3 is 0 Å². The van der Waals surface area contributed by atoms with Gasteiger partial charge in [0.05, 0.1) is 103 Å². The summed E-state index contributed by atoms with van der Waals surface area (Å²) in [6.45, 7) is 2.75. The van der Waals surface area contributed by atoms with Crippen molar-refractivity contribution >= 4 is 88.7 Å². The smallest absolute Gasteiger partial charge is 0.277 e. The van der Waals surface area contributed by atoms with Gasteiger partial charge in [0, 0.05) is 76.3 Å². The van der Waals surface area contributed by atoms with Gasteiger partial charge in [-0.2, -0.15) is 40.5 Å². The fourth-order valence-electron chi connectivity index (χ4n) is 6.04. The summed E-state index contributed by atoms with van der Waals surface area (Å²) in [5.41, 5.74) is 5.83. The third-order valence-electron chi connectivity index (χ3n) is 9.53. The molecule has 8 rings (SSSR count). The van der Waals surface area contributed by atoms with Crippen molar-refractivity contribution in [1.29, 1.82) is 26.3 Å². The number of aromatic nitrogens is 3. The number of halogens is 2. The van der Waals surface area contributed by atoms with E-state index in [-0.39, 0.29) is 36.8 Å². The number of nitrogens with zero attached hydrogens (tertiary/aromatic N) is 11. The van der Waals surface area contributed by atoms with Gasteiger partial charge in [0.2, 0.25) is 0 Å². The third kappa shape index (κ3) is 18.3. The maximum atomic E-state index is 10.8. The van der Waals surface area contributed by atoms with E-state index in [1.54, 1.807) is 107 Å². The first-order chi connectivity index (χ1) is 35.6. The van der Waals surface area contributed by atoms with Gasteiger partial charge in [-0.25, -0.2) is 0 Å². The number of benzene rings is 5. The predicted octanol–water partition coefficient (Wildman–Crippen LogP) is 9.21. The van der Waals surface area contributed by atoms with Crippen molar-refractivity contribution in [3.05, 3.63) is 193 Å². The molecule has 22 heteroatoms. The molecule has 0 aliphatic rings. The van der Waals surface area contributed by atoms with Crippen LogP contribution in [0, 0.1) is 83.8 Å². The van der Waals surface area contributed by atoms with E-state index in [4.69, 9.17) is 46.2 Å². The predicted molar refractivity (Wildman–Crippen MR) is 290 cm³/mol. The van der Waals surface area contributed by atoms with Crippen molar-refractivity contribution in [2.75, 3.05) is 50.3 Å². The molecular weight excluding hydrogens is 1130 g/mol. The van der Waals surface area contributed by atoms with E-state index in [2.05, 4.69) is 50.7 Å². The van der Waals surface area contributed by atoms with Crippen LogP contribution in [0.4, 0.5) is 11.4 Å². The van der Waals surface area contributed by atoms with Gasteiger partial charge in [-0.1, -0.05) is 62.8 Å². The lowest BCUT2D eigenvalue weighted by Crippen LogP contribution is -2.13. The monoisotopic (exact) mass is 1180 g/mol. The fourth-order valence-corrected chi connectivity index (χ4v) is 6.24. The SMILES string of the molecule is CN(C)/C=C/c1ccc(C#N)cc1[N+](=O)[O-].Cc1ccc(C#N)cc1[N+](=O)[O-].N#Cc1ccc2ccn(O)c2c1.N#Cc1ccc2ccn(OCCI)c2c1.N#Cc1ccc2ccn(OCCO)c2c1.OCCBr. The summed E-state index contributed by atoms with van der Waals surface area (Å²) in [5, 5.41) is 93.9. The van der Waals surface area contributed by atoms with Crippen LogP contribution in [-0.4, -0.2) is 94.6 Å². The van der Waals surface area contributed by atoms with E-state index < -0.39 is 9.85 Å². The highest BCUT2D eigenvalue weighted by Gasteiger charge is 2.13. The zero-order chi connectivity index (χ0) is 54.6. The molecule has 0 bridgehead atoms. The molecule has 0 aliphatic carbocycles. The molecule has 3 aromatic heterocycles. The van der Waals surface area contributed by atoms with Crippen LogP contribution in [0.1, 0.15) is 38.9 Å². The molecule has 0 saturated carbocycles. The summed E-state index contributed by atoms with van der Waals surface area (Å²) in [6.07, 6.45) is 8.54. The Labute approximate surface area is 447 Å². The Morgan fingerprint density at radius 2 is 1.03 bits per heavy atom. The second kappa shape index (κ2) is 31.4. The summed E-state index contributed by atoms with van der Waals surface area (Å²) in [7, 11) is 3.65. The Kier molecular flexibility index (Phi) is 25.2. The number of aliphatic hydroxyl groups is 2. The number of fused-ring (bicyclic) bond motifs is 3. The summed E-state index contributed by atoms with van der Waals surface area (Å²) < 4.78 is 5.23. The molecular formula is C52H47BrIN11O9. The van der Waals surface area contributed by atoms with E-state index in [0.29, 0.717) is 50.8 Å². The number of nitriles is 5. The van der Waals surface area contributed by atoms with E-state index in [0.717, 1.165) is 36.4 Å². The number of aliphatic hydroxyl groups excluding tert-OH is 2. The molecule has 0 aliphatic heterocycles. The molecule has 0 atom stereocenters. The summed E-state index contributed by atoms with van der Waals surface area (Å²) in [6, 6.07) is 40.5. The minimum absolute atomic E-state index is 0.00551. The van der Waals surface area contributed by atoms with Crippen LogP contribution in [-0.2, 0) is 0 Å². The maximum absolute atomic E-state index is 10.8. The van der Waals surface area contributed by atoms with Crippen molar-refractivity contribution in [2.45, 2.75) is 6.92 Å². The molecule has 0 unspecified atom stereocenters. The second-order valence-corrected chi connectivity index (χ2v) is 16.8. The first-order valence-corrected chi connectivity index (χ1v) is 24.3. The van der Waals surface area contributed by atoms with Gasteiger partial charge in [-0.15, -0.1) is 0 Å². The van der Waals surface area contributed by atoms with Crippen molar-refractivity contribution in [3.63, 3.8) is 0 Å².